The number of aryl methyl sites for hydroxylation is 1. The number of rotatable bonds is 7. The molecule has 3 aromatic rings. The normalized spacial score (nSPS) is 10.7. The van der Waals surface area contributed by atoms with E-state index in [0.29, 0.717) is 23.0 Å². The quantitative estimate of drug-likeness (QED) is 0.631. The van der Waals surface area contributed by atoms with Gasteiger partial charge in [-0.1, -0.05) is 61.3 Å². The van der Waals surface area contributed by atoms with Crippen LogP contribution in [0.5, 0.6) is 0 Å². The van der Waals surface area contributed by atoms with Crippen LogP contribution in [0.3, 0.4) is 0 Å². The molecule has 1 N–H and O–H groups in total. The van der Waals surface area contributed by atoms with Crippen molar-refractivity contribution < 1.29 is 5.11 Å². The summed E-state index contributed by atoms with van der Waals surface area (Å²) in [7, 11) is 0. The second kappa shape index (κ2) is 8.85. The van der Waals surface area contributed by atoms with E-state index in [1.165, 1.54) is 0 Å². The van der Waals surface area contributed by atoms with E-state index >= 15 is 0 Å². The maximum atomic E-state index is 9.68. The minimum Gasteiger partial charge on any atom is -0.390 e. The summed E-state index contributed by atoms with van der Waals surface area (Å²) in [4.78, 5) is 4.44. The Hall–Kier alpha value is -2.61. The Balaban J connectivity index is 1.83. The van der Waals surface area contributed by atoms with Gasteiger partial charge in [0.2, 0.25) is 0 Å². The van der Waals surface area contributed by atoms with Gasteiger partial charge in [0, 0.05) is 13.0 Å². The van der Waals surface area contributed by atoms with Gasteiger partial charge in [0.1, 0.15) is 5.82 Å². The van der Waals surface area contributed by atoms with Gasteiger partial charge >= 0.3 is 0 Å². The topological polar surface area (TPSA) is 61.8 Å². The summed E-state index contributed by atoms with van der Waals surface area (Å²) in [6.07, 6.45) is 2.97. The average molecular weight is 380 g/mol. The maximum absolute atomic E-state index is 9.68. The molecule has 0 fully saturated rings. The van der Waals surface area contributed by atoms with E-state index in [4.69, 9.17) is 16.9 Å². The fourth-order valence-electron chi connectivity index (χ4n) is 3.09. The Labute approximate surface area is 164 Å². The molecule has 0 aliphatic carbocycles. The van der Waals surface area contributed by atoms with Crippen LogP contribution in [0.1, 0.15) is 42.4 Å². The number of nitrogens with zero attached hydrogens (tertiary/aromatic N) is 3. The van der Waals surface area contributed by atoms with Crippen LogP contribution in [0.25, 0.3) is 11.1 Å². The molecule has 0 saturated heterocycles. The number of nitriles is 1. The van der Waals surface area contributed by atoms with Gasteiger partial charge in [0.05, 0.1) is 23.9 Å². The first-order valence-electron chi connectivity index (χ1n) is 9.10. The Morgan fingerprint density at radius 2 is 1.70 bits per heavy atom. The number of aromatic nitrogens is 2. The van der Waals surface area contributed by atoms with Crippen LogP contribution in [-0.2, 0) is 19.6 Å². The molecule has 0 bridgehead atoms. The van der Waals surface area contributed by atoms with Crippen molar-refractivity contribution >= 4 is 11.6 Å². The number of aliphatic hydroxyl groups excluding tert-OH is 1. The first-order valence-corrected chi connectivity index (χ1v) is 9.48. The minimum atomic E-state index is -0.124. The fourth-order valence-corrected chi connectivity index (χ4v) is 3.35. The van der Waals surface area contributed by atoms with Crippen molar-refractivity contribution in [1.29, 1.82) is 5.26 Å². The molecule has 4 nitrogen and oxygen atoms in total. The highest BCUT2D eigenvalue weighted by molar-refractivity contribution is 6.30. The SMILES string of the molecule is CCCCc1nc(Cl)c(CO)n1Cc1ccc(-c2ccc(C#N)cc2)cc1. The highest BCUT2D eigenvalue weighted by atomic mass is 35.5. The van der Waals surface area contributed by atoms with Crippen molar-refractivity contribution in [3.8, 4) is 17.2 Å². The van der Waals surface area contributed by atoms with Gasteiger partial charge in [-0.25, -0.2) is 4.98 Å². The van der Waals surface area contributed by atoms with E-state index in [2.05, 4.69) is 42.2 Å². The van der Waals surface area contributed by atoms with Crippen LogP contribution in [0.15, 0.2) is 48.5 Å². The van der Waals surface area contributed by atoms with Gasteiger partial charge in [0.15, 0.2) is 5.15 Å². The van der Waals surface area contributed by atoms with Crippen molar-refractivity contribution in [2.45, 2.75) is 39.3 Å². The Morgan fingerprint density at radius 1 is 1.07 bits per heavy atom. The molecule has 0 aliphatic rings. The van der Waals surface area contributed by atoms with Crippen LogP contribution >= 0.6 is 11.6 Å². The number of aliphatic hydroxyl groups is 1. The van der Waals surface area contributed by atoms with E-state index in [9.17, 15) is 5.11 Å². The smallest absolute Gasteiger partial charge is 0.152 e. The lowest BCUT2D eigenvalue weighted by Crippen LogP contribution is -2.09. The lowest BCUT2D eigenvalue weighted by Gasteiger charge is -2.12. The van der Waals surface area contributed by atoms with Crippen molar-refractivity contribution in [3.05, 3.63) is 76.3 Å². The highest BCUT2D eigenvalue weighted by Gasteiger charge is 2.15. The summed E-state index contributed by atoms with van der Waals surface area (Å²) in [6.45, 7) is 2.65. The molecule has 3 rings (SSSR count). The predicted molar refractivity (Wildman–Crippen MR) is 107 cm³/mol. The van der Waals surface area contributed by atoms with Gasteiger partial charge in [0.25, 0.3) is 0 Å². The van der Waals surface area contributed by atoms with Crippen LogP contribution in [0.4, 0.5) is 0 Å². The summed E-state index contributed by atoms with van der Waals surface area (Å²) in [5, 5.41) is 19.0. The van der Waals surface area contributed by atoms with Gasteiger partial charge in [-0.05, 0) is 35.2 Å². The second-order valence-electron chi connectivity index (χ2n) is 6.50. The molecule has 0 aliphatic heterocycles. The van der Waals surface area contributed by atoms with Crippen LogP contribution in [-0.4, -0.2) is 14.7 Å². The zero-order valence-electron chi connectivity index (χ0n) is 15.3. The molecule has 1 aromatic heterocycles. The number of halogens is 1. The number of imidazole rings is 1. The third-order valence-electron chi connectivity index (χ3n) is 4.65. The molecule has 5 heteroatoms. The largest absolute Gasteiger partial charge is 0.390 e. The molecule has 27 heavy (non-hydrogen) atoms. The van der Waals surface area contributed by atoms with E-state index in [1.807, 2.05) is 28.8 Å². The summed E-state index contributed by atoms with van der Waals surface area (Å²) in [5.41, 5.74) is 4.61. The van der Waals surface area contributed by atoms with E-state index < -0.39 is 0 Å². The van der Waals surface area contributed by atoms with E-state index in [0.717, 1.165) is 41.8 Å². The van der Waals surface area contributed by atoms with Gasteiger partial charge in [-0.3, -0.25) is 0 Å². The third-order valence-corrected chi connectivity index (χ3v) is 4.95. The first-order chi connectivity index (χ1) is 13.2. The van der Waals surface area contributed by atoms with Crippen LogP contribution in [0.2, 0.25) is 5.15 Å². The predicted octanol–water partition coefficient (Wildman–Crippen LogP) is 4.96. The van der Waals surface area contributed by atoms with Crippen molar-refractivity contribution in [2.75, 3.05) is 0 Å². The molecular weight excluding hydrogens is 358 g/mol. The molecule has 0 unspecified atom stereocenters. The molecule has 138 valence electrons. The van der Waals surface area contributed by atoms with Gasteiger partial charge < -0.3 is 9.67 Å². The average Bonchev–Trinajstić information content (AvgIpc) is 3.01. The lowest BCUT2D eigenvalue weighted by molar-refractivity contribution is 0.271. The number of unbranched alkanes of at least 4 members (excludes halogenated alkanes) is 1. The summed E-state index contributed by atoms with van der Waals surface area (Å²) in [6, 6.07) is 18.0. The Morgan fingerprint density at radius 3 is 2.26 bits per heavy atom. The van der Waals surface area contributed by atoms with Gasteiger partial charge in [-0.15, -0.1) is 0 Å². The molecule has 0 saturated carbocycles. The summed E-state index contributed by atoms with van der Waals surface area (Å²) >= 11 is 6.21. The molecule has 0 spiro atoms. The standard InChI is InChI=1S/C22H22ClN3O/c1-2-3-4-21-25-22(23)20(15-27)26(21)14-17-7-11-19(12-8-17)18-9-5-16(13-24)6-10-18/h5-12,27H,2-4,14-15H2,1H3. The summed E-state index contributed by atoms with van der Waals surface area (Å²) in [5.74, 6) is 0.919. The first kappa shape index (κ1) is 19.2. The fraction of sp³-hybridized carbons (Fsp3) is 0.273. The number of hydrogen-bond acceptors (Lipinski definition) is 3. The van der Waals surface area contributed by atoms with Crippen molar-refractivity contribution in [3.63, 3.8) is 0 Å². The molecule has 1 heterocycles. The van der Waals surface area contributed by atoms with Crippen molar-refractivity contribution in [2.24, 2.45) is 0 Å². The summed E-state index contributed by atoms with van der Waals surface area (Å²) < 4.78 is 2.02. The number of benzene rings is 2. The molecule has 0 atom stereocenters. The molecular formula is C22H22ClN3O. The van der Waals surface area contributed by atoms with Gasteiger partial charge in [-0.2, -0.15) is 5.26 Å². The zero-order valence-corrected chi connectivity index (χ0v) is 16.1. The number of hydrogen-bond donors (Lipinski definition) is 1. The van der Waals surface area contributed by atoms with Crippen LogP contribution in [0, 0.1) is 11.3 Å². The zero-order chi connectivity index (χ0) is 19.2. The molecule has 0 amide bonds. The lowest BCUT2D eigenvalue weighted by atomic mass is 10.0. The highest BCUT2D eigenvalue weighted by Crippen LogP contribution is 2.23. The van der Waals surface area contributed by atoms with Crippen molar-refractivity contribution in [1.82, 2.24) is 9.55 Å². The molecule has 2 aromatic carbocycles. The maximum Gasteiger partial charge on any atom is 0.152 e. The van der Waals surface area contributed by atoms with E-state index in [1.54, 1.807) is 0 Å². The Bertz CT molecular complexity index is 937. The molecule has 0 radical (unpaired) electrons. The second-order valence-corrected chi connectivity index (χ2v) is 6.86. The third kappa shape index (κ3) is 4.39. The Kier molecular flexibility index (Phi) is 6.28. The van der Waals surface area contributed by atoms with E-state index in [-0.39, 0.29) is 6.61 Å². The minimum absolute atomic E-state index is 0.124. The van der Waals surface area contributed by atoms with Crippen LogP contribution < -0.4 is 0 Å². The monoisotopic (exact) mass is 379 g/mol.